The maximum atomic E-state index is 10.2. The lowest BCUT2D eigenvalue weighted by Gasteiger charge is -2.39. The summed E-state index contributed by atoms with van der Waals surface area (Å²) in [5, 5.41) is 10.2. The summed E-state index contributed by atoms with van der Waals surface area (Å²) in [6, 6.07) is 8.92. The summed E-state index contributed by atoms with van der Waals surface area (Å²) in [4.78, 5) is 2.40. The molecule has 2 rings (SSSR count). The molecule has 1 aliphatic carbocycles. The fraction of sp³-hybridized carbons (Fsp3) is 0.647. The first-order valence-corrected chi connectivity index (χ1v) is 7.65. The van der Waals surface area contributed by atoms with Crippen LogP contribution in [0.1, 0.15) is 57.6 Å². The standard InChI is InChI=1S/C17H27NO/c1-4-17(19)14-10-6-8-12-16(14)18(3)15-11-7-5-9-13(15)2/h6,8,10,12-13,15,17,19H,4-5,7,9,11H2,1-3H3/t13?,15?,17-/m1/s1. The Labute approximate surface area is 117 Å². The van der Waals surface area contributed by atoms with Gasteiger partial charge in [0.15, 0.2) is 0 Å². The maximum absolute atomic E-state index is 10.2. The summed E-state index contributed by atoms with van der Waals surface area (Å²) in [6.45, 7) is 4.39. The predicted octanol–water partition coefficient (Wildman–Crippen LogP) is 4.14. The van der Waals surface area contributed by atoms with E-state index in [9.17, 15) is 5.11 Å². The minimum atomic E-state index is -0.349. The monoisotopic (exact) mass is 261 g/mol. The number of hydrogen-bond acceptors (Lipinski definition) is 2. The van der Waals surface area contributed by atoms with E-state index in [2.05, 4.69) is 37.1 Å². The van der Waals surface area contributed by atoms with Crippen LogP contribution in [0.15, 0.2) is 24.3 Å². The van der Waals surface area contributed by atoms with Crippen LogP contribution in [0.4, 0.5) is 5.69 Å². The van der Waals surface area contributed by atoms with Gasteiger partial charge in [0.2, 0.25) is 0 Å². The van der Waals surface area contributed by atoms with Gasteiger partial charge in [-0.25, -0.2) is 0 Å². The van der Waals surface area contributed by atoms with Gasteiger partial charge in [-0.05, 0) is 31.2 Å². The molecule has 106 valence electrons. The van der Waals surface area contributed by atoms with E-state index >= 15 is 0 Å². The number of hydrogen-bond donors (Lipinski definition) is 1. The Morgan fingerprint density at radius 2 is 1.95 bits per heavy atom. The third-order valence-corrected chi connectivity index (χ3v) is 4.63. The van der Waals surface area contributed by atoms with Crippen molar-refractivity contribution in [3.8, 4) is 0 Å². The molecule has 0 radical (unpaired) electrons. The van der Waals surface area contributed by atoms with Gasteiger partial charge in [0, 0.05) is 24.3 Å². The minimum absolute atomic E-state index is 0.349. The summed E-state index contributed by atoms with van der Waals surface area (Å²) in [6.07, 6.45) is 5.72. The number of aliphatic hydroxyl groups excluding tert-OH is 1. The quantitative estimate of drug-likeness (QED) is 0.880. The third-order valence-electron chi connectivity index (χ3n) is 4.63. The molecule has 0 bridgehead atoms. The fourth-order valence-electron chi connectivity index (χ4n) is 3.36. The Hall–Kier alpha value is -1.02. The van der Waals surface area contributed by atoms with Crippen molar-refractivity contribution in [2.75, 3.05) is 11.9 Å². The lowest BCUT2D eigenvalue weighted by molar-refractivity contribution is 0.173. The normalized spacial score (nSPS) is 25.1. The smallest absolute Gasteiger partial charge is 0.0807 e. The molecule has 0 spiro atoms. The molecule has 1 saturated carbocycles. The lowest BCUT2D eigenvalue weighted by Crippen LogP contribution is -2.39. The average Bonchev–Trinajstić information content (AvgIpc) is 2.46. The van der Waals surface area contributed by atoms with Crippen LogP contribution >= 0.6 is 0 Å². The zero-order chi connectivity index (χ0) is 13.8. The van der Waals surface area contributed by atoms with Crippen molar-refractivity contribution in [3.63, 3.8) is 0 Å². The van der Waals surface area contributed by atoms with Gasteiger partial charge < -0.3 is 10.0 Å². The molecule has 0 amide bonds. The first-order chi connectivity index (χ1) is 9.15. The van der Waals surface area contributed by atoms with Crippen molar-refractivity contribution in [2.45, 2.75) is 58.1 Å². The van der Waals surface area contributed by atoms with E-state index in [-0.39, 0.29) is 6.10 Å². The Balaban J connectivity index is 2.25. The van der Waals surface area contributed by atoms with E-state index in [0.29, 0.717) is 6.04 Å². The molecule has 0 saturated heterocycles. The summed E-state index contributed by atoms with van der Waals surface area (Å²) >= 11 is 0. The molecule has 0 aliphatic heterocycles. The van der Waals surface area contributed by atoms with Crippen LogP contribution in [0.2, 0.25) is 0 Å². The van der Waals surface area contributed by atoms with Gasteiger partial charge in [-0.3, -0.25) is 0 Å². The topological polar surface area (TPSA) is 23.5 Å². The zero-order valence-corrected chi connectivity index (χ0v) is 12.5. The SMILES string of the molecule is CC[C@@H](O)c1ccccc1N(C)C1CCCCC1C. The summed E-state index contributed by atoms with van der Waals surface area (Å²) in [5.74, 6) is 0.741. The predicted molar refractivity (Wildman–Crippen MR) is 81.5 cm³/mol. The van der Waals surface area contributed by atoms with Crippen LogP contribution in [-0.4, -0.2) is 18.2 Å². The maximum Gasteiger partial charge on any atom is 0.0807 e. The van der Waals surface area contributed by atoms with Crippen LogP contribution in [0.25, 0.3) is 0 Å². The van der Waals surface area contributed by atoms with Crippen LogP contribution in [-0.2, 0) is 0 Å². The lowest BCUT2D eigenvalue weighted by atomic mass is 9.84. The summed E-state index contributed by atoms with van der Waals surface area (Å²) in [7, 11) is 2.19. The first kappa shape index (κ1) is 14.4. The van der Waals surface area contributed by atoms with Gasteiger partial charge in [-0.1, -0.05) is 44.9 Å². The largest absolute Gasteiger partial charge is 0.388 e. The van der Waals surface area contributed by atoms with E-state index < -0.39 is 0 Å². The first-order valence-electron chi connectivity index (χ1n) is 7.65. The van der Waals surface area contributed by atoms with Crippen LogP contribution in [0.3, 0.4) is 0 Å². The van der Waals surface area contributed by atoms with Crippen LogP contribution in [0.5, 0.6) is 0 Å². The van der Waals surface area contributed by atoms with Crippen LogP contribution in [0, 0.1) is 5.92 Å². The summed E-state index contributed by atoms with van der Waals surface area (Å²) < 4.78 is 0. The van der Waals surface area contributed by atoms with Crippen molar-refractivity contribution in [1.82, 2.24) is 0 Å². The molecule has 1 aliphatic rings. The highest BCUT2D eigenvalue weighted by Gasteiger charge is 2.26. The van der Waals surface area contributed by atoms with Gasteiger partial charge in [-0.15, -0.1) is 0 Å². The van der Waals surface area contributed by atoms with Crippen LogP contribution < -0.4 is 4.90 Å². The van der Waals surface area contributed by atoms with Crippen molar-refractivity contribution >= 4 is 5.69 Å². The molecule has 2 nitrogen and oxygen atoms in total. The molecule has 2 unspecified atom stereocenters. The van der Waals surface area contributed by atoms with Crippen molar-refractivity contribution in [2.24, 2.45) is 5.92 Å². The number of benzene rings is 1. The number of aliphatic hydroxyl groups is 1. The Morgan fingerprint density at radius 1 is 1.26 bits per heavy atom. The highest BCUT2D eigenvalue weighted by Crippen LogP contribution is 2.34. The second-order valence-electron chi connectivity index (χ2n) is 5.92. The molecule has 1 aromatic carbocycles. The Kier molecular flexibility index (Phi) is 4.87. The van der Waals surface area contributed by atoms with Gasteiger partial charge in [0.1, 0.15) is 0 Å². The highest BCUT2D eigenvalue weighted by atomic mass is 16.3. The minimum Gasteiger partial charge on any atom is -0.388 e. The van der Waals surface area contributed by atoms with Gasteiger partial charge in [-0.2, -0.15) is 0 Å². The average molecular weight is 261 g/mol. The van der Waals surface area contributed by atoms with E-state index in [1.165, 1.54) is 31.4 Å². The summed E-state index contributed by atoms with van der Waals surface area (Å²) in [5.41, 5.74) is 2.28. The molecule has 0 aromatic heterocycles. The Bertz CT molecular complexity index is 404. The molecule has 2 heteroatoms. The van der Waals surface area contributed by atoms with Crippen molar-refractivity contribution < 1.29 is 5.11 Å². The second kappa shape index (κ2) is 6.42. The molecule has 1 aromatic rings. The number of para-hydroxylation sites is 1. The van der Waals surface area contributed by atoms with Crippen molar-refractivity contribution in [3.05, 3.63) is 29.8 Å². The fourth-order valence-corrected chi connectivity index (χ4v) is 3.36. The molecule has 0 heterocycles. The van der Waals surface area contributed by atoms with Crippen molar-refractivity contribution in [1.29, 1.82) is 0 Å². The number of nitrogens with zero attached hydrogens (tertiary/aromatic N) is 1. The van der Waals surface area contributed by atoms with Gasteiger partial charge in [0.05, 0.1) is 6.10 Å². The highest BCUT2D eigenvalue weighted by molar-refractivity contribution is 5.55. The molecule has 3 atom stereocenters. The molecule has 1 fully saturated rings. The molecular weight excluding hydrogens is 234 g/mol. The third kappa shape index (κ3) is 3.11. The zero-order valence-electron chi connectivity index (χ0n) is 12.5. The van der Waals surface area contributed by atoms with E-state index in [1.54, 1.807) is 0 Å². The van der Waals surface area contributed by atoms with E-state index in [1.807, 2.05) is 13.0 Å². The molecule has 1 N–H and O–H groups in total. The second-order valence-corrected chi connectivity index (χ2v) is 5.92. The molecule has 19 heavy (non-hydrogen) atoms. The van der Waals surface area contributed by atoms with E-state index in [4.69, 9.17) is 0 Å². The van der Waals surface area contributed by atoms with Gasteiger partial charge in [0.25, 0.3) is 0 Å². The van der Waals surface area contributed by atoms with E-state index in [0.717, 1.165) is 17.9 Å². The van der Waals surface area contributed by atoms with Gasteiger partial charge >= 0.3 is 0 Å². The number of anilines is 1. The number of rotatable bonds is 4. The Morgan fingerprint density at radius 3 is 2.63 bits per heavy atom. The molecular formula is C17H27NO.